The molecular weight excluding hydrogens is 297 g/mol. The molecule has 0 saturated heterocycles. The minimum absolute atomic E-state index is 0.123. The number of thioether (sulfide) groups is 1. The molecule has 0 spiro atoms. The first-order chi connectivity index (χ1) is 9.40. The first-order valence-electron chi connectivity index (χ1n) is 6.70. The summed E-state index contributed by atoms with van der Waals surface area (Å²) >= 11 is 1.55. The zero-order chi connectivity index (χ0) is 15.0. The summed E-state index contributed by atoms with van der Waals surface area (Å²) in [6.07, 6.45) is 2.84. The predicted octanol–water partition coefficient (Wildman–Crippen LogP) is 2.72. The number of hydrogen-bond acceptors (Lipinski definition) is 4. The van der Waals surface area contributed by atoms with Gasteiger partial charge in [-0.05, 0) is 37.6 Å². The molecule has 1 atom stereocenters. The first-order valence-corrected chi connectivity index (χ1v) is 9.75. The standard InChI is InChI=1S/C14H22FNO2S2/c1-3-8-16-13(7-9-20(2,17)18)11-19-14-6-4-5-12(15)10-14/h4-6,10,13,16H,3,7-9,11H2,1-2H3. The average Bonchev–Trinajstić information content (AvgIpc) is 2.37. The van der Waals surface area contributed by atoms with Crippen LogP contribution in [0.2, 0.25) is 0 Å². The fourth-order valence-electron chi connectivity index (χ4n) is 1.70. The highest BCUT2D eigenvalue weighted by atomic mass is 32.2. The third-order valence-corrected chi connectivity index (χ3v) is 4.90. The monoisotopic (exact) mass is 319 g/mol. The van der Waals surface area contributed by atoms with Gasteiger partial charge in [0.15, 0.2) is 0 Å². The molecule has 0 bridgehead atoms. The lowest BCUT2D eigenvalue weighted by atomic mass is 10.2. The quantitative estimate of drug-likeness (QED) is 0.711. The molecule has 0 amide bonds. The molecule has 0 saturated carbocycles. The number of halogens is 1. The predicted molar refractivity (Wildman–Crippen MR) is 83.5 cm³/mol. The molecule has 114 valence electrons. The molecule has 0 aromatic heterocycles. The Kier molecular flexibility index (Phi) is 7.55. The number of nitrogens with one attached hydrogen (secondary N) is 1. The molecule has 1 N–H and O–H groups in total. The summed E-state index contributed by atoms with van der Waals surface area (Å²) in [7, 11) is -2.94. The van der Waals surface area contributed by atoms with Crippen LogP contribution in [0.15, 0.2) is 29.2 Å². The van der Waals surface area contributed by atoms with E-state index in [1.165, 1.54) is 18.4 Å². The van der Waals surface area contributed by atoms with E-state index in [4.69, 9.17) is 0 Å². The molecule has 20 heavy (non-hydrogen) atoms. The van der Waals surface area contributed by atoms with E-state index in [1.807, 2.05) is 6.07 Å². The number of rotatable bonds is 9. The maximum Gasteiger partial charge on any atom is 0.147 e. The summed E-state index contributed by atoms with van der Waals surface area (Å²) in [5.41, 5.74) is 0. The molecule has 0 heterocycles. The maximum atomic E-state index is 13.1. The van der Waals surface area contributed by atoms with Gasteiger partial charge < -0.3 is 5.32 Å². The molecule has 0 fully saturated rings. The Balaban J connectivity index is 2.51. The van der Waals surface area contributed by atoms with Crippen LogP contribution in [0.25, 0.3) is 0 Å². The van der Waals surface area contributed by atoms with E-state index in [1.54, 1.807) is 17.8 Å². The summed E-state index contributed by atoms with van der Waals surface area (Å²) in [6, 6.07) is 6.58. The van der Waals surface area contributed by atoms with E-state index in [9.17, 15) is 12.8 Å². The van der Waals surface area contributed by atoms with Crippen molar-refractivity contribution in [1.82, 2.24) is 5.32 Å². The molecule has 6 heteroatoms. The van der Waals surface area contributed by atoms with E-state index in [0.717, 1.165) is 23.6 Å². The van der Waals surface area contributed by atoms with Gasteiger partial charge in [-0.2, -0.15) is 0 Å². The van der Waals surface area contributed by atoms with Crippen molar-refractivity contribution in [3.63, 3.8) is 0 Å². The summed E-state index contributed by atoms with van der Waals surface area (Å²) in [5.74, 6) is 0.668. The summed E-state index contributed by atoms with van der Waals surface area (Å²) in [6.45, 7) is 2.93. The third kappa shape index (κ3) is 7.87. The third-order valence-electron chi connectivity index (χ3n) is 2.77. The minimum Gasteiger partial charge on any atom is -0.313 e. The van der Waals surface area contributed by atoms with Crippen LogP contribution in [-0.4, -0.2) is 38.8 Å². The summed E-state index contributed by atoms with van der Waals surface area (Å²) in [5, 5.41) is 3.35. The van der Waals surface area contributed by atoms with Crippen LogP contribution in [-0.2, 0) is 9.84 Å². The van der Waals surface area contributed by atoms with Crippen LogP contribution in [0.5, 0.6) is 0 Å². The van der Waals surface area contributed by atoms with Crippen molar-refractivity contribution in [2.75, 3.05) is 24.3 Å². The van der Waals surface area contributed by atoms with Gasteiger partial charge in [-0.3, -0.25) is 0 Å². The highest BCUT2D eigenvalue weighted by Gasteiger charge is 2.12. The lowest BCUT2D eigenvalue weighted by Gasteiger charge is -2.17. The van der Waals surface area contributed by atoms with Crippen molar-refractivity contribution in [2.45, 2.75) is 30.7 Å². The molecule has 0 aliphatic carbocycles. The fraction of sp³-hybridized carbons (Fsp3) is 0.571. The zero-order valence-electron chi connectivity index (χ0n) is 11.9. The second kappa shape index (κ2) is 8.64. The highest BCUT2D eigenvalue weighted by Crippen LogP contribution is 2.20. The molecule has 1 rings (SSSR count). The second-order valence-corrected chi connectivity index (χ2v) is 8.19. The Morgan fingerprint density at radius 2 is 2.15 bits per heavy atom. The Bertz CT molecular complexity index is 506. The normalized spacial score (nSPS) is 13.3. The van der Waals surface area contributed by atoms with Crippen LogP contribution in [0.4, 0.5) is 4.39 Å². The van der Waals surface area contributed by atoms with E-state index in [2.05, 4.69) is 12.2 Å². The van der Waals surface area contributed by atoms with E-state index < -0.39 is 9.84 Å². The van der Waals surface area contributed by atoms with E-state index in [0.29, 0.717) is 6.42 Å². The van der Waals surface area contributed by atoms with E-state index in [-0.39, 0.29) is 17.6 Å². The molecule has 3 nitrogen and oxygen atoms in total. The average molecular weight is 319 g/mol. The van der Waals surface area contributed by atoms with Gasteiger partial charge in [0.1, 0.15) is 15.7 Å². The van der Waals surface area contributed by atoms with Gasteiger partial charge in [-0.1, -0.05) is 13.0 Å². The van der Waals surface area contributed by atoms with Crippen molar-refractivity contribution in [2.24, 2.45) is 0 Å². The maximum absolute atomic E-state index is 13.1. The second-order valence-electron chi connectivity index (χ2n) is 4.84. The van der Waals surface area contributed by atoms with Gasteiger partial charge in [0.05, 0.1) is 5.75 Å². The molecular formula is C14H22FNO2S2. The molecule has 1 aromatic rings. The number of hydrogen-bond donors (Lipinski definition) is 1. The van der Waals surface area contributed by atoms with Gasteiger partial charge >= 0.3 is 0 Å². The van der Waals surface area contributed by atoms with Crippen molar-refractivity contribution in [3.8, 4) is 0 Å². The zero-order valence-corrected chi connectivity index (χ0v) is 13.6. The van der Waals surface area contributed by atoms with Crippen LogP contribution in [0, 0.1) is 5.82 Å². The van der Waals surface area contributed by atoms with Crippen molar-refractivity contribution >= 4 is 21.6 Å². The SMILES string of the molecule is CCCNC(CCS(C)(=O)=O)CSc1cccc(F)c1. The topological polar surface area (TPSA) is 46.2 Å². The Hall–Kier alpha value is -0.590. The van der Waals surface area contributed by atoms with Crippen molar-refractivity contribution in [3.05, 3.63) is 30.1 Å². The van der Waals surface area contributed by atoms with E-state index >= 15 is 0 Å². The Morgan fingerprint density at radius 3 is 2.75 bits per heavy atom. The van der Waals surface area contributed by atoms with Crippen LogP contribution < -0.4 is 5.32 Å². The number of sulfone groups is 1. The molecule has 0 aliphatic heterocycles. The largest absolute Gasteiger partial charge is 0.313 e. The van der Waals surface area contributed by atoms with Gasteiger partial charge in [-0.15, -0.1) is 11.8 Å². The molecule has 0 aliphatic rings. The summed E-state index contributed by atoms with van der Waals surface area (Å²) < 4.78 is 35.6. The lowest BCUT2D eigenvalue weighted by Crippen LogP contribution is -2.33. The van der Waals surface area contributed by atoms with Crippen LogP contribution >= 0.6 is 11.8 Å². The number of benzene rings is 1. The molecule has 0 radical (unpaired) electrons. The van der Waals surface area contributed by atoms with Crippen LogP contribution in [0.1, 0.15) is 19.8 Å². The Labute approximate surface area is 125 Å². The van der Waals surface area contributed by atoms with Gasteiger partial charge in [-0.25, -0.2) is 12.8 Å². The van der Waals surface area contributed by atoms with Gasteiger partial charge in [0, 0.05) is 22.9 Å². The Morgan fingerprint density at radius 1 is 1.40 bits per heavy atom. The first kappa shape index (κ1) is 17.5. The highest BCUT2D eigenvalue weighted by molar-refractivity contribution is 7.99. The molecule has 1 unspecified atom stereocenters. The fourth-order valence-corrected chi connectivity index (χ4v) is 3.46. The lowest BCUT2D eigenvalue weighted by molar-refractivity contribution is 0.532. The van der Waals surface area contributed by atoms with Gasteiger partial charge in [0.2, 0.25) is 0 Å². The van der Waals surface area contributed by atoms with Gasteiger partial charge in [0.25, 0.3) is 0 Å². The smallest absolute Gasteiger partial charge is 0.147 e. The summed E-state index contributed by atoms with van der Waals surface area (Å²) in [4.78, 5) is 0.868. The van der Waals surface area contributed by atoms with Crippen LogP contribution in [0.3, 0.4) is 0 Å². The molecule has 1 aromatic carbocycles. The van der Waals surface area contributed by atoms with Crippen molar-refractivity contribution < 1.29 is 12.8 Å². The van der Waals surface area contributed by atoms with Crippen molar-refractivity contribution in [1.29, 1.82) is 0 Å². The minimum atomic E-state index is -2.94.